The molecule has 2 aromatic heterocycles. The van der Waals surface area contributed by atoms with Crippen LogP contribution in [0.3, 0.4) is 0 Å². The van der Waals surface area contributed by atoms with E-state index in [0.717, 1.165) is 76.6 Å². The van der Waals surface area contributed by atoms with Crippen LogP contribution in [0.25, 0.3) is 32.7 Å². The lowest BCUT2D eigenvalue weighted by molar-refractivity contribution is -0.128. The number of nitrogens with zero attached hydrogens (tertiary/aromatic N) is 8. The number of ether oxygens (including phenoxy) is 3. The molecule has 1 saturated carbocycles. The van der Waals surface area contributed by atoms with Crippen molar-refractivity contribution in [2.45, 2.75) is 124 Å². The Kier molecular flexibility index (Phi) is 26.4. The van der Waals surface area contributed by atoms with E-state index in [0.29, 0.717) is 112 Å². The van der Waals surface area contributed by atoms with Crippen LogP contribution in [0.15, 0.2) is 121 Å². The van der Waals surface area contributed by atoms with Gasteiger partial charge in [0.05, 0.1) is 53.4 Å². The first-order chi connectivity index (χ1) is 55.3. The number of thioether (sulfide) groups is 2. The fourth-order valence-electron chi connectivity index (χ4n) is 16.3. The molecule has 4 fully saturated rings. The molecule has 27 nitrogen and oxygen atoms in total. The number of aromatic amines is 1. The maximum atomic E-state index is 15.0. The second-order valence-electron chi connectivity index (χ2n) is 30.8. The third kappa shape index (κ3) is 19.4. The Morgan fingerprint density at radius 2 is 1.44 bits per heavy atom. The highest BCUT2D eigenvalue weighted by Crippen LogP contribution is 2.47. The maximum Gasteiger partial charge on any atom is 0.415 e. The van der Waals surface area contributed by atoms with Gasteiger partial charge in [0.2, 0.25) is 11.8 Å². The monoisotopic (exact) mass is 1610 g/mol. The van der Waals surface area contributed by atoms with Crippen molar-refractivity contribution in [3.8, 4) is 5.75 Å². The van der Waals surface area contributed by atoms with Crippen LogP contribution in [-0.2, 0) is 37.2 Å². The van der Waals surface area contributed by atoms with E-state index in [1.165, 1.54) is 37.0 Å². The molecule has 0 spiro atoms. The molecular formula is C84H101ClN16O11S2. The minimum atomic E-state index is -1.03. The first-order valence-electron chi connectivity index (χ1n) is 39.6. The fourth-order valence-corrected chi connectivity index (χ4v) is 19.6. The number of nitrogens with one attached hydrogen (secondary N) is 7. The highest BCUT2D eigenvalue weighted by atomic mass is 35.5. The largest absolute Gasteiger partial charge is 0.445 e. The molecule has 5 aliphatic heterocycles. The summed E-state index contributed by atoms with van der Waals surface area (Å²) in [6.45, 7) is 11.2. The van der Waals surface area contributed by atoms with Crippen molar-refractivity contribution in [3.63, 3.8) is 0 Å². The summed E-state index contributed by atoms with van der Waals surface area (Å²) in [6, 6.07) is 33.3. The van der Waals surface area contributed by atoms with Gasteiger partial charge >= 0.3 is 18.2 Å². The van der Waals surface area contributed by atoms with Gasteiger partial charge in [-0.3, -0.25) is 28.9 Å². The van der Waals surface area contributed by atoms with E-state index in [1.807, 2.05) is 104 Å². The molecule has 0 bridgehead atoms. The number of anilines is 4. The number of primary amides is 1. The van der Waals surface area contributed by atoms with Crippen LogP contribution in [0, 0.1) is 5.92 Å². The van der Waals surface area contributed by atoms with Gasteiger partial charge in [-0.15, -0.1) is 11.6 Å². The number of fused-ring (bicyclic) bond motifs is 7. The van der Waals surface area contributed by atoms with Crippen molar-refractivity contribution in [2.24, 2.45) is 11.7 Å². The number of aromatic nitrogens is 3. The number of H-pyrrole nitrogens is 1. The molecule has 602 valence electrons. The molecule has 7 heterocycles. The number of morpholine rings is 1. The van der Waals surface area contributed by atoms with Gasteiger partial charge in [-0.25, -0.2) is 24.4 Å². The fraction of sp³-hybridized carbons (Fsp3) is 0.452. The number of piperazine rings is 1. The summed E-state index contributed by atoms with van der Waals surface area (Å²) in [4.78, 5) is 136. The summed E-state index contributed by atoms with van der Waals surface area (Å²) >= 11 is 10.7. The van der Waals surface area contributed by atoms with Crippen molar-refractivity contribution < 1.29 is 52.6 Å². The zero-order valence-electron chi connectivity index (χ0n) is 64.9. The number of urea groups is 1. The molecule has 9 amide bonds. The van der Waals surface area contributed by atoms with E-state index in [9.17, 15) is 38.4 Å². The Morgan fingerprint density at radius 1 is 0.728 bits per heavy atom. The van der Waals surface area contributed by atoms with Gasteiger partial charge in [0.25, 0.3) is 17.7 Å². The van der Waals surface area contributed by atoms with Crippen LogP contribution in [-0.4, -0.2) is 229 Å². The van der Waals surface area contributed by atoms with E-state index < -0.39 is 48.2 Å². The number of hydrogen-bond donors (Lipinski definition) is 8. The van der Waals surface area contributed by atoms with Crippen molar-refractivity contribution in [2.75, 3.05) is 132 Å². The Bertz CT molecular complexity index is 4830. The molecule has 1 aliphatic carbocycles. The molecule has 0 radical (unpaired) electrons. The summed E-state index contributed by atoms with van der Waals surface area (Å²) in [7, 11) is 3.74. The van der Waals surface area contributed by atoms with E-state index in [1.54, 1.807) is 71.4 Å². The topological polar surface area (TPSA) is 323 Å². The van der Waals surface area contributed by atoms with Crippen LogP contribution in [0.5, 0.6) is 5.75 Å². The summed E-state index contributed by atoms with van der Waals surface area (Å²) < 4.78 is 18.1. The van der Waals surface area contributed by atoms with Gasteiger partial charge in [0.15, 0.2) is 0 Å². The number of amides is 9. The molecule has 8 aromatic rings. The van der Waals surface area contributed by atoms with E-state index >= 15 is 0 Å². The summed E-state index contributed by atoms with van der Waals surface area (Å²) in [5.41, 5.74) is 14.9. The molecule has 2 unspecified atom stereocenters. The van der Waals surface area contributed by atoms with Crippen molar-refractivity contribution in [1.29, 1.82) is 0 Å². The lowest BCUT2D eigenvalue weighted by Gasteiger charge is -2.34. The summed E-state index contributed by atoms with van der Waals surface area (Å²) in [5.74, 6) is -0.124. The Morgan fingerprint density at radius 3 is 2.16 bits per heavy atom. The number of likely N-dealkylation sites (tertiary alicyclic amines) is 1. The van der Waals surface area contributed by atoms with Crippen molar-refractivity contribution in [1.82, 2.24) is 55.8 Å². The zero-order valence-corrected chi connectivity index (χ0v) is 67.3. The molecular weight excluding hydrogens is 1510 g/mol. The Balaban J connectivity index is 0.582. The predicted octanol–water partition coefficient (Wildman–Crippen LogP) is 10.9. The third-order valence-corrected chi connectivity index (χ3v) is 26.0. The summed E-state index contributed by atoms with van der Waals surface area (Å²) in [5, 5.41) is 21.1. The molecule has 114 heavy (non-hydrogen) atoms. The van der Waals surface area contributed by atoms with Gasteiger partial charge < -0.3 is 81.3 Å². The molecule has 6 aliphatic rings. The molecule has 9 N–H and O–H groups in total. The first-order valence-corrected chi connectivity index (χ1v) is 42.3. The van der Waals surface area contributed by atoms with Crippen molar-refractivity contribution >= 4 is 138 Å². The van der Waals surface area contributed by atoms with Gasteiger partial charge in [-0.2, -0.15) is 23.5 Å². The molecule has 6 aromatic carbocycles. The quantitative estimate of drug-likeness (QED) is 0.0195. The van der Waals surface area contributed by atoms with Gasteiger partial charge in [0, 0.05) is 176 Å². The zero-order chi connectivity index (χ0) is 79.5. The molecule has 30 heteroatoms. The number of rotatable bonds is 25. The second kappa shape index (κ2) is 37.2. The SMILES string of the molecule is CC(C)[C@@H](NCCNC(=O)c1ccc2nc3c(nc2c1)CSC1CCCCCC1SC3)C(=O)N[C@H](CCCNC(N)=O)C(=O)Nc1ccc(COC(=O)N(C)C[C@@H]2C[C@@H](N3CCOCC3)CN2C(=O)Oc2cc3c(c4ccccc24)[C@H](CCl)CN3C(=O)c2cc3cc(NC(=O)c4ccc(N5CCN(C)CC5)cc4)ccc3[nH]2)cc1. The number of likely N-dealkylation sites (N-methyl/N-ethyl adjacent to an activating group) is 2. The van der Waals surface area contributed by atoms with E-state index in [2.05, 4.69) is 58.6 Å². The van der Waals surface area contributed by atoms with Gasteiger partial charge in [0.1, 0.15) is 24.1 Å². The highest BCUT2D eigenvalue weighted by molar-refractivity contribution is 8.03. The van der Waals surface area contributed by atoms with Crippen LogP contribution < -0.4 is 52.2 Å². The first kappa shape index (κ1) is 80.8. The van der Waals surface area contributed by atoms with Gasteiger partial charge in [-0.1, -0.05) is 69.5 Å². The average Bonchev–Trinajstić information content (AvgIpc) is 1.58. The number of carbonyl (C=O) groups excluding carboxylic acids is 8. The van der Waals surface area contributed by atoms with Crippen LogP contribution in [0.4, 0.5) is 37.1 Å². The van der Waals surface area contributed by atoms with E-state index in [4.69, 9.17) is 41.5 Å². The minimum absolute atomic E-state index is 0.0674. The molecule has 14 rings (SSSR count). The van der Waals surface area contributed by atoms with Crippen LogP contribution in [0.1, 0.15) is 125 Å². The van der Waals surface area contributed by atoms with Crippen LogP contribution >= 0.6 is 35.1 Å². The lowest BCUT2D eigenvalue weighted by Crippen LogP contribution is -2.54. The van der Waals surface area contributed by atoms with Crippen molar-refractivity contribution in [3.05, 3.63) is 161 Å². The lowest BCUT2D eigenvalue weighted by atomic mass is 9.95. The van der Waals surface area contributed by atoms with Gasteiger partial charge in [-0.05, 0) is 140 Å². The third-order valence-electron chi connectivity index (χ3n) is 22.6. The average molecular weight is 1610 g/mol. The minimum Gasteiger partial charge on any atom is -0.445 e. The second-order valence-corrected chi connectivity index (χ2v) is 33.6. The van der Waals surface area contributed by atoms with Crippen LogP contribution in [0.2, 0.25) is 0 Å². The number of hydrogen-bond acceptors (Lipinski definition) is 19. The normalized spacial score (nSPS) is 19.8. The van der Waals surface area contributed by atoms with E-state index in [-0.39, 0.29) is 93.0 Å². The maximum absolute atomic E-state index is 15.0. The molecule has 3 saturated heterocycles. The highest BCUT2D eigenvalue weighted by Gasteiger charge is 2.42. The smallest absolute Gasteiger partial charge is 0.415 e. The standard InChI is InChI=1S/C84H101ClN16O11S2/c1-51(2)76(87-29-30-88-77(102)54-20-26-65-67(40-54)94-70-50-114-74-15-7-5-6-14-73(74)113-49-69(70)93-65)80(105)95-66(13-10-28-89-82(86)107)79(104)90-57-21-16-52(17-22-57)48-111-83(108)97(4)46-61-42-60(99-35-37-110-38-36-99)47-100(61)84(109)112-72-43-71-75(63-12-9-8-11-62(63)72)56(44-85)45-101(71)81(106)68-41-55-39-58(23-27-64(55)92-68)91-78(103)53-18-24-59(25-19-53)98-33-31-96(3)32-34-98/h8-9,11-12,16-27,39-41,43,51,56,60-61,66,73-74,76,87,92H,5-7,10,13-15,28-38,42,44-50H2,1-4H3,(H,88,102)(H,90,104)(H,91,103)(H,95,105)(H3,86,89,107)/t56-,60-,61+,66-,73?,74?,76-/m1/s1. The molecule has 7 atom stereocenters. The Labute approximate surface area is 676 Å². The number of alkyl halides is 1. The number of carbonyl (C=O) groups is 8. The predicted molar refractivity (Wildman–Crippen MR) is 447 cm³/mol. The number of benzene rings is 6. The summed E-state index contributed by atoms with van der Waals surface area (Å²) in [6.07, 6.45) is 6.08. The Hall–Kier alpha value is -9.75. The number of nitrogens with two attached hydrogens (primary N) is 1. The number of halogens is 1.